The maximum absolute atomic E-state index is 5.73. The van der Waals surface area contributed by atoms with Crippen molar-refractivity contribution in [1.82, 2.24) is 15.1 Å². The first-order chi connectivity index (χ1) is 11.2. The van der Waals surface area contributed by atoms with Crippen molar-refractivity contribution in [3.05, 3.63) is 0 Å². The molecular weight excluding hydrogens is 419 g/mol. The molecule has 2 rings (SSSR count). The lowest BCUT2D eigenvalue weighted by atomic mass is 10.1. The SMILES string of the molecule is CCOC1CCN(C(=NC)NCC(C)N2CCOCC2C)CC1.I. The lowest BCUT2D eigenvalue weighted by Gasteiger charge is -2.39. The second-order valence-electron chi connectivity index (χ2n) is 6.58. The molecule has 0 bridgehead atoms. The van der Waals surface area contributed by atoms with Crippen LogP contribution in [0.3, 0.4) is 0 Å². The zero-order chi connectivity index (χ0) is 16.7. The van der Waals surface area contributed by atoms with E-state index in [1.54, 1.807) is 0 Å². The van der Waals surface area contributed by atoms with E-state index in [4.69, 9.17) is 9.47 Å². The largest absolute Gasteiger partial charge is 0.379 e. The quantitative estimate of drug-likeness (QED) is 0.390. The molecule has 2 atom stereocenters. The Kier molecular flexibility index (Phi) is 10.5. The molecule has 0 aromatic carbocycles. The summed E-state index contributed by atoms with van der Waals surface area (Å²) in [5, 5.41) is 3.56. The number of piperidine rings is 1. The standard InChI is InChI=1S/C17H34N4O2.HI/c1-5-23-16-6-8-20(9-7-16)17(18-4)19-12-14(2)21-10-11-22-13-15(21)3;/h14-16H,5-13H2,1-4H3,(H,18,19);1H. The average molecular weight is 454 g/mol. The topological polar surface area (TPSA) is 49.3 Å². The van der Waals surface area contributed by atoms with Crippen LogP contribution in [0.2, 0.25) is 0 Å². The zero-order valence-electron chi connectivity index (χ0n) is 15.7. The third kappa shape index (κ3) is 6.31. The summed E-state index contributed by atoms with van der Waals surface area (Å²) < 4.78 is 11.3. The average Bonchev–Trinajstić information content (AvgIpc) is 2.57. The first kappa shape index (κ1) is 21.9. The minimum absolute atomic E-state index is 0. The molecule has 2 fully saturated rings. The molecule has 2 aliphatic rings. The fraction of sp³-hybridized carbons (Fsp3) is 0.941. The molecule has 0 aliphatic carbocycles. The van der Waals surface area contributed by atoms with Gasteiger partial charge in [-0.15, -0.1) is 24.0 Å². The Morgan fingerprint density at radius 1 is 1.33 bits per heavy atom. The summed E-state index contributed by atoms with van der Waals surface area (Å²) in [5.74, 6) is 1.02. The number of rotatable bonds is 5. The van der Waals surface area contributed by atoms with Gasteiger partial charge in [0.1, 0.15) is 0 Å². The Bertz CT molecular complexity index is 376. The molecule has 0 saturated carbocycles. The maximum atomic E-state index is 5.73. The number of aliphatic imine (C=N–C) groups is 1. The van der Waals surface area contributed by atoms with Gasteiger partial charge in [0.05, 0.1) is 19.3 Å². The van der Waals surface area contributed by atoms with Gasteiger partial charge >= 0.3 is 0 Å². The highest BCUT2D eigenvalue weighted by atomic mass is 127. The fourth-order valence-electron chi connectivity index (χ4n) is 3.55. The summed E-state index contributed by atoms with van der Waals surface area (Å²) in [6.07, 6.45) is 2.59. The van der Waals surface area contributed by atoms with Crippen molar-refractivity contribution in [2.24, 2.45) is 4.99 Å². The van der Waals surface area contributed by atoms with Crippen LogP contribution in [0.1, 0.15) is 33.6 Å². The van der Waals surface area contributed by atoms with Crippen molar-refractivity contribution < 1.29 is 9.47 Å². The predicted octanol–water partition coefficient (Wildman–Crippen LogP) is 1.79. The van der Waals surface area contributed by atoms with Gasteiger partial charge in [-0.25, -0.2) is 0 Å². The summed E-state index contributed by atoms with van der Waals surface area (Å²) in [4.78, 5) is 9.34. The van der Waals surface area contributed by atoms with E-state index in [0.29, 0.717) is 18.2 Å². The van der Waals surface area contributed by atoms with E-state index >= 15 is 0 Å². The highest BCUT2D eigenvalue weighted by Gasteiger charge is 2.25. The minimum atomic E-state index is 0. The van der Waals surface area contributed by atoms with Crippen LogP contribution in [0.25, 0.3) is 0 Å². The molecule has 2 heterocycles. The van der Waals surface area contributed by atoms with E-state index < -0.39 is 0 Å². The molecular formula is C17H35IN4O2. The Balaban J connectivity index is 0.00000288. The predicted molar refractivity (Wildman–Crippen MR) is 109 cm³/mol. The van der Waals surface area contributed by atoms with E-state index in [2.05, 4.69) is 40.9 Å². The smallest absolute Gasteiger partial charge is 0.193 e. The molecule has 2 unspecified atom stereocenters. The van der Waals surface area contributed by atoms with Crippen molar-refractivity contribution in [3.8, 4) is 0 Å². The number of ether oxygens (including phenoxy) is 2. The van der Waals surface area contributed by atoms with E-state index in [-0.39, 0.29) is 24.0 Å². The van der Waals surface area contributed by atoms with E-state index in [9.17, 15) is 0 Å². The van der Waals surface area contributed by atoms with Crippen LogP contribution >= 0.6 is 24.0 Å². The summed E-state index contributed by atoms with van der Waals surface area (Å²) in [7, 11) is 1.87. The van der Waals surface area contributed by atoms with Gasteiger partial charge in [0, 0.05) is 51.9 Å². The van der Waals surface area contributed by atoms with Crippen molar-refractivity contribution >= 4 is 29.9 Å². The van der Waals surface area contributed by atoms with Crippen LogP contribution in [0.4, 0.5) is 0 Å². The van der Waals surface area contributed by atoms with Crippen LogP contribution in [0, 0.1) is 0 Å². The molecule has 2 saturated heterocycles. The fourth-order valence-corrected chi connectivity index (χ4v) is 3.55. The minimum Gasteiger partial charge on any atom is -0.379 e. The number of morpholine rings is 1. The number of hydrogen-bond acceptors (Lipinski definition) is 4. The van der Waals surface area contributed by atoms with Gasteiger partial charge in [-0.2, -0.15) is 0 Å². The molecule has 0 aromatic heterocycles. The van der Waals surface area contributed by atoms with E-state index in [1.165, 1.54) is 0 Å². The molecule has 24 heavy (non-hydrogen) atoms. The summed E-state index contributed by atoms with van der Waals surface area (Å²) in [5.41, 5.74) is 0. The van der Waals surface area contributed by atoms with Crippen LogP contribution in [-0.4, -0.2) is 87.0 Å². The number of nitrogens with one attached hydrogen (secondary N) is 1. The second-order valence-corrected chi connectivity index (χ2v) is 6.58. The first-order valence-electron chi connectivity index (χ1n) is 9.06. The molecule has 0 spiro atoms. The lowest BCUT2D eigenvalue weighted by Crippen LogP contribution is -2.54. The molecule has 0 amide bonds. The lowest BCUT2D eigenvalue weighted by molar-refractivity contribution is -0.0176. The number of likely N-dealkylation sites (tertiary alicyclic amines) is 1. The van der Waals surface area contributed by atoms with Gasteiger partial charge in [0.2, 0.25) is 0 Å². The van der Waals surface area contributed by atoms with Crippen molar-refractivity contribution in [2.45, 2.75) is 51.8 Å². The van der Waals surface area contributed by atoms with Crippen molar-refractivity contribution in [2.75, 3.05) is 53.0 Å². The number of guanidine groups is 1. The second kappa shape index (κ2) is 11.5. The van der Waals surface area contributed by atoms with Crippen LogP contribution in [-0.2, 0) is 9.47 Å². The van der Waals surface area contributed by atoms with Gasteiger partial charge in [-0.1, -0.05) is 0 Å². The summed E-state index contributed by atoms with van der Waals surface area (Å²) in [6, 6.07) is 0.969. The van der Waals surface area contributed by atoms with Crippen LogP contribution in [0.5, 0.6) is 0 Å². The normalized spacial score (nSPS) is 25.2. The Morgan fingerprint density at radius 3 is 2.62 bits per heavy atom. The van der Waals surface area contributed by atoms with Crippen molar-refractivity contribution in [3.63, 3.8) is 0 Å². The summed E-state index contributed by atoms with van der Waals surface area (Å²) in [6.45, 7) is 13.1. The van der Waals surface area contributed by atoms with Gasteiger partial charge in [-0.3, -0.25) is 9.89 Å². The summed E-state index contributed by atoms with van der Waals surface area (Å²) >= 11 is 0. The highest BCUT2D eigenvalue weighted by molar-refractivity contribution is 14.0. The van der Waals surface area contributed by atoms with Gasteiger partial charge in [-0.05, 0) is 33.6 Å². The monoisotopic (exact) mass is 454 g/mol. The number of hydrogen-bond donors (Lipinski definition) is 1. The molecule has 2 aliphatic heterocycles. The van der Waals surface area contributed by atoms with E-state index in [0.717, 1.165) is 64.8 Å². The number of nitrogens with zero attached hydrogens (tertiary/aromatic N) is 3. The maximum Gasteiger partial charge on any atom is 0.193 e. The highest BCUT2D eigenvalue weighted by Crippen LogP contribution is 2.14. The molecule has 142 valence electrons. The van der Waals surface area contributed by atoms with Gasteiger partial charge in [0.15, 0.2) is 5.96 Å². The zero-order valence-corrected chi connectivity index (χ0v) is 18.0. The Labute approximate surface area is 164 Å². The number of halogens is 1. The molecule has 1 N–H and O–H groups in total. The Hall–Kier alpha value is -0.120. The third-order valence-corrected chi connectivity index (χ3v) is 4.90. The molecule has 0 radical (unpaired) electrons. The van der Waals surface area contributed by atoms with Crippen LogP contribution in [0.15, 0.2) is 4.99 Å². The third-order valence-electron chi connectivity index (χ3n) is 4.90. The Morgan fingerprint density at radius 2 is 2.04 bits per heavy atom. The molecule has 6 nitrogen and oxygen atoms in total. The van der Waals surface area contributed by atoms with E-state index in [1.807, 2.05) is 7.05 Å². The van der Waals surface area contributed by atoms with Crippen LogP contribution < -0.4 is 5.32 Å². The first-order valence-corrected chi connectivity index (χ1v) is 9.06. The van der Waals surface area contributed by atoms with Gasteiger partial charge in [0.25, 0.3) is 0 Å². The molecule has 7 heteroatoms. The van der Waals surface area contributed by atoms with Gasteiger partial charge < -0.3 is 19.7 Å². The van der Waals surface area contributed by atoms with Crippen molar-refractivity contribution in [1.29, 1.82) is 0 Å². The molecule has 0 aromatic rings.